The second kappa shape index (κ2) is 7.29. The number of aliphatic imine (C=N–C) groups is 1. The lowest BCUT2D eigenvalue weighted by molar-refractivity contribution is 0.361. The highest BCUT2D eigenvalue weighted by atomic mass is 127. The van der Waals surface area contributed by atoms with Crippen LogP contribution in [-0.4, -0.2) is 27.7 Å². The number of aryl methyl sites for hydroxylation is 2. The predicted molar refractivity (Wildman–Crippen MR) is 105 cm³/mol. The van der Waals surface area contributed by atoms with Crippen LogP contribution >= 0.6 is 24.0 Å². The van der Waals surface area contributed by atoms with Gasteiger partial charge < -0.3 is 11.1 Å². The average molecular weight is 433 g/mol. The van der Waals surface area contributed by atoms with Crippen molar-refractivity contribution >= 4 is 46.4 Å². The maximum atomic E-state index is 11.8. The minimum absolute atomic E-state index is 0. The summed E-state index contributed by atoms with van der Waals surface area (Å²) >= 11 is 0. The number of nitrogens with zero attached hydrogens (tertiary/aromatic N) is 1. The molecule has 1 saturated carbocycles. The Labute approximate surface area is 151 Å². The zero-order valence-electron chi connectivity index (χ0n) is 12.9. The summed E-state index contributed by atoms with van der Waals surface area (Å²) in [6.45, 7) is 0.555. The normalized spacial score (nSPS) is 20.5. The van der Waals surface area contributed by atoms with Gasteiger partial charge in [0.25, 0.3) is 0 Å². The third kappa shape index (κ3) is 3.64. The average Bonchev–Trinajstić information content (AvgIpc) is 2.84. The number of nitrogens with two attached hydrogens (primary N) is 1. The maximum Gasteiger partial charge on any atom is 0.193 e. The van der Waals surface area contributed by atoms with Gasteiger partial charge in [0.2, 0.25) is 0 Å². The predicted octanol–water partition coefficient (Wildman–Crippen LogP) is 2.82. The SMILES string of the molecule is CS(=O)C1(CN=C(N)Nc2ccc3c(c2)CCC3)CCC1.I. The smallest absolute Gasteiger partial charge is 0.193 e. The van der Waals surface area contributed by atoms with Gasteiger partial charge in [0.15, 0.2) is 5.96 Å². The molecule has 6 heteroatoms. The van der Waals surface area contributed by atoms with Gasteiger partial charge in [-0.2, -0.15) is 0 Å². The summed E-state index contributed by atoms with van der Waals surface area (Å²) in [6.07, 6.45) is 8.49. The van der Waals surface area contributed by atoms with E-state index in [1.807, 2.05) is 0 Å². The van der Waals surface area contributed by atoms with Crippen molar-refractivity contribution in [1.82, 2.24) is 0 Å². The van der Waals surface area contributed by atoms with Crippen molar-refractivity contribution in [3.05, 3.63) is 29.3 Å². The molecule has 2 aliphatic rings. The first-order chi connectivity index (χ1) is 10.1. The summed E-state index contributed by atoms with van der Waals surface area (Å²) in [5.41, 5.74) is 9.84. The number of hydrogen-bond donors (Lipinski definition) is 2. The Kier molecular flexibility index (Phi) is 5.87. The summed E-state index contributed by atoms with van der Waals surface area (Å²) in [5, 5.41) is 3.16. The fourth-order valence-electron chi connectivity index (χ4n) is 3.17. The molecule has 3 N–H and O–H groups in total. The highest BCUT2D eigenvalue weighted by Gasteiger charge is 2.40. The lowest BCUT2D eigenvalue weighted by Gasteiger charge is -2.38. The number of nitrogens with one attached hydrogen (secondary N) is 1. The van der Waals surface area contributed by atoms with E-state index >= 15 is 0 Å². The Morgan fingerprint density at radius 2 is 2.05 bits per heavy atom. The topological polar surface area (TPSA) is 67.5 Å². The fourth-order valence-corrected chi connectivity index (χ4v) is 4.28. The first kappa shape index (κ1) is 17.7. The number of benzene rings is 1. The van der Waals surface area contributed by atoms with E-state index < -0.39 is 10.8 Å². The summed E-state index contributed by atoms with van der Waals surface area (Å²) in [5.74, 6) is 0.421. The third-order valence-corrected chi connectivity index (χ3v) is 6.54. The molecule has 1 aromatic carbocycles. The van der Waals surface area contributed by atoms with Crippen LogP contribution in [0.5, 0.6) is 0 Å². The van der Waals surface area contributed by atoms with Crippen LogP contribution in [0.3, 0.4) is 0 Å². The summed E-state index contributed by atoms with van der Waals surface area (Å²) in [7, 11) is -0.835. The van der Waals surface area contributed by atoms with Crippen LogP contribution in [0.25, 0.3) is 0 Å². The van der Waals surface area contributed by atoms with E-state index in [2.05, 4.69) is 28.5 Å². The van der Waals surface area contributed by atoms with Crippen LogP contribution in [0.15, 0.2) is 23.2 Å². The summed E-state index contributed by atoms with van der Waals surface area (Å²) < 4.78 is 11.7. The molecule has 2 aliphatic carbocycles. The van der Waals surface area contributed by atoms with Crippen LogP contribution in [0, 0.1) is 0 Å². The van der Waals surface area contributed by atoms with Gasteiger partial charge in [-0.15, -0.1) is 24.0 Å². The Morgan fingerprint density at radius 1 is 1.32 bits per heavy atom. The van der Waals surface area contributed by atoms with Crippen molar-refractivity contribution < 1.29 is 4.21 Å². The highest BCUT2D eigenvalue weighted by molar-refractivity contribution is 14.0. The first-order valence-electron chi connectivity index (χ1n) is 7.61. The molecule has 0 spiro atoms. The first-order valence-corrected chi connectivity index (χ1v) is 9.17. The largest absolute Gasteiger partial charge is 0.370 e. The number of halogens is 1. The maximum absolute atomic E-state index is 11.8. The molecular formula is C16H24IN3OS. The van der Waals surface area contributed by atoms with Crippen LogP contribution in [-0.2, 0) is 23.6 Å². The van der Waals surface area contributed by atoms with Crippen molar-refractivity contribution in [2.24, 2.45) is 10.7 Å². The van der Waals surface area contributed by atoms with Gasteiger partial charge in [-0.05, 0) is 55.4 Å². The summed E-state index contributed by atoms with van der Waals surface area (Å²) in [4.78, 5) is 4.42. The molecule has 0 amide bonds. The fraction of sp³-hybridized carbons (Fsp3) is 0.562. The molecule has 0 aliphatic heterocycles. The van der Waals surface area contributed by atoms with Crippen molar-refractivity contribution in [2.45, 2.75) is 43.3 Å². The van der Waals surface area contributed by atoms with Crippen LogP contribution in [0.1, 0.15) is 36.8 Å². The number of hydrogen-bond acceptors (Lipinski definition) is 2. The molecule has 0 heterocycles. The highest BCUT2D eigenvalue weighted by Crippen LogP contribution is 2.37. The molecule has 4 nitrogen and oxygen atoms in total. The lowest BCUT2D eigenvalue weighted by atomic mass is 9.84. The molecule has 122 valence electrons. The number of rotatable bonds is 4. The van der Waals surface area contributed by atoms with Gasteiger partial charge in [-0.25, -0.2) is 0 Å². The Bertz CT molecular complexity index is 599. The molecule has 0 radical (unpaired) electrons. The third-order valence-electron chi connectivity index (χ3n) is 4.78. The Hall–Kier alpha value is -0.630. The molecule has 3 rings (SSSR count). The molecule has 1 aromatic rings. The van der Waals surface area contributed by atoms with Gasteiger partial charge in [0.1, 0.15) is 0 Å². The Morgan fingerprint density at radius 3 is 2.68 bits per heavy atom. The van der Waals surface area contributed by atoms with Crippen molar-refractivity contribution in [2.75, 3.05) is 18.1 Å². The molecule has 1 unspecified atom stereocenters. The second-order valence-electron chi connectivity index (χ2n) is 6.15. The van der Waals surface area contributed by atoms with E-state index in [1.54, 1.807) is 6.26 Å². The lowest BCUT2D eigenvalue weighted by Crippen LogP contribution is -2.44. The van der Waals surface area contributed by atoms with Crippen molar-refractivity contribution in [3.8, 4) is 0 Å². The van der Waals surface area contributed by atoms with E-state index in [1.165, 1.54) is 24.0 Å². The standard InChI is InChI=1S/C16H23N3OS.HI/c1-21(20)16(8-3-9-16)11-18-15(17)19-14-7-6-12-4-2-5-13(12)10-14;/h6-7,10H,2-5,8-9,11H2,1H3,(H3,17,18,19);1H. The number of guanidine groups is 1. The monoisotopic (exact) mass is 433 g/mol. The van der Waals surface area contributed by atoms with E-state index in [-0.39, 0.29) is 28.7 Å². The molecule has 1 atom stereocenters. The molecule has 0 saturated heterocycles. The van der Waals surface area contributed by atoms with Gasteiger partial charge in [-0.3, -0.25) is 9.20 Å². The molecule has 22 heavy (non-hydrogen) atoms. The second-order valence-corrected chi connectivity index (χ2v) is 7.93. The van der Waals surface area contributed by atoms with Gasteiger partial charge in [0, 0.05) is 22.7 Å². The number of anilines is 1. The minimum atomic E-state index is -0.835. The number of fused-ring (bicyclic) bond motifs is 1. The van der Waals surface area contributed by atoms with Crippen LogP contribution in [0.2, 0.25) is 0 Å². The molecular weight excluding hydrogens is 409 g/mol. The zero-order valence-corrected chi connectivity index (χ0v) is 16.1. The molecule has 0 aromatic heterocycles. The van der Waals surface area contributed by atoms with Crippen LogP contribution < -0.4 is 11.1 Å². The minimum Gasteiger partial charge on any atom is -0.370 e. The van der Waals surface area contributed by atoms with Crippen molar-refractivity contribution in [3.63, 3.8) is 0 Å². The summed E-state index contributed by atoms with van der Waals surface area (Å²) in [6, 6.07) is 6.40. The Balaban J connectivity index is 0.00000176. The van der Waals surface area contributed by atoms with Gasteiger partial charge in [0.05, 0.1) is 11.3 Å². The quantitative estimate of drug-likeness (QED) is 0.436. The molecule has 0 bridgehead atoms. The van der Waals surface area contributed by atoms with Gasteiger partial charge >= 0.3 is 0 Å². The van der Waals surface area contributed by atoms with E-state index in [9.17, 15) is 4.21 Å². The zero-order chi connectivity index (χ0) is 14.9. The van der Waals surface area contributed by atoms with Gasteiger partial charge in [-0.1, -0.05) is 12.5 Å². The van der Waals surface area contributed by atoms with E-state index in [0.29, 0.717) is 12.5 Å². The van der Waals surface area contributed by atoms with E-state index in [0.717, 1.165) is 31.4 Å². The molecule has 1 fully saturated rings. The van der Waals surface area contributed by atoms with Crippen LogP contribution in [0.4, 0.5) is 5.69 Å². The van der Waals surface area contributed by atoms with E-state index in [4.69, 9.17) is 5.73 Å². The van der Waals surface area contributed by atoms with Crippen molar-refractivity contribution in [1.29, 1.82) is 0 Å².